The van der Waals surface area contributed by atoms with E-state index in [1.54, 1.807) is 0 Å². The average Bonchev–Trinajstić information content (AvgIpc) is 2.70. The van der Waals surface area contributed by atoms with E-state index in [9.17, 15) is 4.79 Å². The molecule has 1 atom stereocenters. The summed E-state index contributed by atoms with van der Waals surface area (Å²) in [5.74, 6) is 2.64. The molecule has 3 heteroatoms. The Morgan fingerprint density at radius 3 is 2.80 bits per heavy atom. The fourth-order valence-electron chi connectivity index (χ4n) is 1.85. The predicted octanol–water partition coefficient (Wildman–Crippen LogP) is 1.05. The van der Waals surface area contributed by atoms with Gasteiger partial charge in [0.25, 0.3) is 0 Å². The fraction of sp³-hybridized carbons (Fsp3) is 0.750. The Bertz CT molecular complexity index is 238. The minimum Gasteiger partial charge on any atom is -0.352 e. The lowest BCUT2D eigenvalue weighted by Crippen LogP contribution is -2.45. The van der Waals surface area contributed by atoms with Crippen molar-refractivity contribution in [1.82, 2.24) is 10.6 Å². The highest BCUT2D eigenvalue weighted by atomic mass is 16.2. The monoisotopic (exact) mass is 208 g/mol. The number of amides is 1. The minimum atomic E-state index is -0.140. The number of carbonyl (C=O) groups is 1. The number of nitrogens with one attached hydrogen (secondary N) is 2. The van der Waals surface area contributed by atoms with Crippen LogP contribution in [0.25, 0.3) is 0 Å². The molecule has 0 spiro atoms. The topological polar surface area (TPSA) is 41.1 Å². The molecule has 0 bridgehead atoms. The largest absolute Gasteiger partial charge is 0.352 e. The predicted molar refractivity (Wildman–Crippen MR) is 61.3 cm³/mol. The van der Waals surface area contributed by atoms with Gasteiger partial charge in [-0.15, -0.1) is 12.3 Å². The van der Waals surface area contributed by atoms with Crippen LogP contribution in [0.2, 0.25) is 0 Å². The molecule has 1 unspecified atom stereocenters. The molecule has 0 heterocycles. The van der Waals surface area contributed by atoms with Gasteiger partial charge in [-0.1, -0.05) is 12.8 Å². The average molecular weight is 208 g/mol. The Morgan fingerprint density at radius 2 is 2.20 bits per heavy atom. The molecule has 3 nitrogen and oxygen atoms in total. The van der Waals surface area contributed by atoms with Gasteiger partial charge in [0.1, 0.15) is 0 Å². The molecule has 0 saturated heterocycles. The standard InChI is InChI=1S/C12H20N2O/c1-3-4-9-13-10(2)12(15)14-11-7-5-6-8-11/h1,10-11,13H,4-9H2,2H3,(H,14,15). The first-order chi connectivity index (χ1) is 7.24. The van der Waals surface area contributed by atoms with Gasteiger partial charge >= 0.3 is 0 Å². The van der Waals surface area contributed by atoms with E-state index in [2.05, 4.69) is 16.6 Å². The summed E-state index contributed by atoms with van der Waals surface area (Å²) in [4.78, 5) is 11.7. The third-order valence-electron chi connectivity index (χ3n) is 2.81. The van der Waals surface area contributed by atoms with Crippen LogP contribution in [0.3, 0.4) is 0 Å². The van der Waals surface area contributed by atoms with Crippen LogP contribution in [0.5, 0.6) is 0 Å². The maximum atomic E-state index is 11.7. The van der Waals surface area contributed by atoms with E-state index in [1.807, 2.05) is 6.92 Å². The van der Waals surface area contributed by atoms with E-state index in [1.165, 1.54) is 12.8 Å². The van der Waals surface area contributed by atoms with Crippen molar-refractivity contribution in [1.29, 1.82) is 0 Å². The van der Waals surface area contributed by atoms with Gasteiger partial charge in [0.2, 0.25) is 5.91 Å². The Hall–Kier alpha value is -1.01. The minimum absolute atomic E-state index is 0.0962. The van der Waals surface area contributed by atoms with E-state index in [0.29, 0.717) is 19.0 Å². The number of hydrogen-bond acceptors (Lipinski definition) is 2. The lowest BCUT2D eigenvalue weighted by Gasteiger charge is -2.17. The smallest absolute Gasteiger partial charge is 0.237 e. The molecule has 0 aromatic carbocycles. The van der Waals surface area contributed by atoms with Crippen molar-refractivity contribution in [3.05, 3.63) is 0 Å². The van der Waals surface area contributed by atoms with Crippen LogP contribution in [0.4, 0.5) is 0 Å². The van der Waals surface area contributed by atoms with Crippen LogP contribution in [-0.2, 0) is 4.79 Å². The number of rotatable bonds is 5. The van der Waals surface area contributed by atoms with Gasteiger partial charge in [0, 0.05) is 19.0 Å². The number of carbonyl (C=O) groups excluding carboxylic acids is 1. The Morgan fingerprint density at radius 1 is 1.53 bits per heavy atom. The van der Waals surface area contributed by atoms with Crippen molar-refractivity contribution < 1.29 is 4.79 Å². The summed E-state index contributed by atoms with van der Waals surface area (Å²) in [5.41, 5.74) is 0. The molecule has 2 N–H and O–H groups in total. The van der Waals surface area contributed by atoms with Gasteiger partial charge in [0.15, 0.2) is 0 Å². The highest BCUT2D eigenvalue weighted by molar-refractivity contribution is 5.81. The van der Waals surface area contributed by atoms with Crippen molar-refractivity contribution in [2.24, 2.45) is 0 Å². The second kappa shape index (κ2) is 6.47. The highest BCUT2D eigenvalue weighted by Crippen LogP contribution is 2.17. The molecule has 15 heavy (non-hydrogen) atoms. The van der Waals surface area contributed by atoms with E-state index in [-0.39, 0.29) is 11.9 Å². The van der Waals surface area contributed by atoms with Crippen LogP contribution in [0.1, 0.15) is 39.0 Å². The van der Waals surface area contributed by atoms with Gasteiger partial charge in [-0.25, -0.2) is 0 Å². The molecule has 0 aromatic heterocycles. The third-order valence-corrected chi connectivity index (χ3v) is 2.81. The van der Waals surface area contributed by atoms with Crippen LogP contribution in [0.15, 0.2) is 0 Å². The van der Waals surface area contributed by atoms with Crippen molar-refractivity contribution >= 4 is 5.91 Å². The molecule has 0 aliphatic heterocycles. The van der Waals surface area contributed by atoms with E-state index in [4.69, 9.17) is 6.42 Å². The van der Waals surface area contributed by atoms with Crippen LogP contribution >= 0.6 is 0 Å². The molecule has 84 valence electrons. The Kier molecular flexibility index (Phi) is 5.20. The molecule has 0 aromatic rings. The summed E-state index contributed by atoms with van der Waals surface area (Å²) in [5, 5.41) is 6.16. The summed E-state index contributed by atoms with van der Waals surface area (Å²) in [7, 11) is 0. The van der Waals surface area contributed by atoms with Crippen molar-refractivity contribution in [2.45, 2.75) is 51.1 Å². The van der Waals surface area contributed by atoms with Gasteiger partial charge in [-0.05, 0) is 19.8 Å². The van der Waals surface area contributed by atoms with Gasteiger partial charge in [0.05, 0.1) is 6.04 Å². The quantitative estimate of drug-likeness (QED) is 0.524. The summed E-state index contributed by atoms with van der Waals surface area (Å²) in [6.07, 6.45) is 10.5. The number of terminal acetylenes is 1. The molecule has 1 rings (SSSR count). The van der Waals surface area contributed by atoms with Crippen molar-refractivity contribution in [2.75, 3.05) is 6.54 Å². The van der Waals surface area contributed by atoms with Crippen LogP contribution < -0.4 is 10.6 Å². The van der Waals surface area contributed by atoms with Gasteiger partial charge in [-0.2, -0.15) is 0 Å². The molecular formula is C12H20N2O. The molecule has 1 fully saturated rings. The van der Waals surface area contributed by atoms with Crippen molar-refractivity contribution in [3.63, 3.8) is 0 Å². The summed E-state index contributed by atoms with van der Waals surface area (Å²) < 4.78 is 0. The van der Waals surface area contributed by atoms with Gasteiger partial charge in [-0.3, -0.25) is 4.79 Å². The second-order valence-corrected chi connectivity index (χ2v) is 4.12. The maximum absolute atomic E-state index is 11.7. The third kappa shape index (κ3) is 4.35. The zero-order chi connectivity index (χ0) is 11.1. The van der Waals surface area contributed by atoms with Gasteiger partial charge < -0.3 is 10.6 Å². The highest BCUT2D eigenvalue weighted by Gasteiger charge is 2.19. The fourth-order valence-corrected chi connectivity index (χ4v) is 1.85. The zero-order valence-corrected chi connectivity index (χ0v) is 9.38. The second-order valence-electron chi connectivity index (χ2n) is 4.12. The van der Waals surface area contributed by atoms with E-state index < -0.39 is 0 Å². The normalized spacial score (nSPS) is 18.4. The van der Waals surface area contributed by atoms with Crippen molar-refractivity contribution in [3.8, 4) is 12.3 Å². The zero-order valence-electron chi connectivity index (χ0n) is 9.38. The lowest BCUT2D eigenvalue weighted by molar-refractivity contribution is -0.123. The Labute approximate surface area is 92.0 Å². The first kappa shape index (κ1) is 12.1. The van der Waals surface area contributed by atoms with E-state index in [0.717, 1.165) is 12.8 Å². The van der Waals surface area contributed by atoms with E-state index >= 15 is 0 Å². The Balaban J connectivity index is 2.17. The molecular weight excluding hydrogens is 188 g/mol. The summed E-state index contributed by atoms with van der Waals surface area (Å²) in [6, 6.07) is 0.258. The summed E-state index contributed by atoms with van der Waals surface area (Å²) in [6.45, 7) is 2.58. The molecule has 1 amide bonds. The molecule has 1 aliphatic rings. The van der Waals surface area contributed by atoms with Crippen LogP contribution in [0, 0.1) is 12.3 Å². The molecule has 1 aliphatic carbocycles. The first-order valence-electron chi connectivity index (χ1n) is 5.71. The lowest BCUT2D eigenvalue weighted by atomic mass is 10.2. The SMILES string of the molecule is C#CCCNC(C)C(=O)NC1CCCC1. The summed E-state index contributed by atoms with van der Waals surface area (Å²) >= 11 is 0. The first-order valence-corrected chi connectivity index (χ1v) is 5.71. The number of hydrogen-bond donors (Lipinski definition) is 2. The molecule has 0 radical (unpaired) electrons. The maximum Gasteiger partial charge on any atom is 0.237 e. The van der Waals surface area contributed by atoms with Crippen LogP contribution in [-0.4, -0.2) is 24.5 Å². The molecule has 1 saturated carbocycles.